The summed E-state index contributed by atoms with van der Waals surface area (Å²) in [5.41, 5.74) is 2.47. The molecule has 2 aromatic rings. The van der Waals surface area contributed by atoms with Gasteiger partial charge in [0.15, 0.2) is 0 Å². The molecule has 1 amide bonds. The maximum absolute atomic E-state index is 12.9. The molecule has 0 aromatic heterocycles. The minimum Gasteiger partial charge on any atom is -0.350 e. The second-order valence-electron chi connectivity index (χ2n) is 8.48. The molecule has 10 heteroatoms. The van der Waals surface area contributed by atoms with Gasteiger partial charge >= 0.3 is 0 Å². The van der Waals surface area contributed by atoms with Crippen LogP contribution in [0.25, 0.3) is 0 Å². The van der Waals surface area contributed by atoms with Crippen molar-refractivity contribution < 1.29 is 18.1 Å². The molecule has 2 aromatic carbocycles. The molecule has 1 fully saturated rings. The molecule has 3 rings (SSSR count). The lowest BCUT2D eigenvalue weighted by atomic mass is 10.1. The number of amides is 1. The normalized spacial score (nSPS) is 15.2. The molecule has 0 spiro atoms. The highest BCUT2D eigenvalue weighted by atomic mass is 32.2. The van der Waals surface area contributed by atoms with Crippen LogP contribution in [0.15, 0.2) is 42.5 Å². The lowest BCUT2D eigenvalue weighted by Gasteiger charge is -2.29. The van der Waals surface area contributed by atoms with Gasteiger partial charge in [0.05, 0.1) is 16.9 Å². The molecule has 1 heterocycles. The molecule has 1 saturated heterocycles. The van der Waals surface area contributed by atoms with Gasteiger partial charge in [-0.2, -0.15) is 0 Å². The number of nitro benzene ring substituents is 1. The number of nitro groups is 1. The quantitative estimate of drug-likeness (QED) is 0.442. The molecule has 1 aliphatic heterocycles. The van der Waals surface area contributed by atoms with Crippen molar-refractivity contribution in [2.45, 2.75) is 45.8 Å². The fourth-order valence-electron chi connectivity index (χ4n) is 4.10. The summed E-state index contributed by atoms with van der Waals surface area (Å²) in [5.74, 6) is -0.490. The van der Waals surface area contributed by atoms with E-state index in [0.717, 1.165) is 35.8 Å². The van der Waals surface area contributed by atoms with Crippen LogP contribution in [-0.2, 0) is 27.9 Å². The van der Waals surface area contributed by atoms with Crippen LogP contribution in [0, 0.1) is 17.0 Å². The van der Waals surface area contributed by atoms with Gasteiger partial charge in [-0.15, -0.1) is 0 Å². The molecule has 0 radical (unpaired) electrons. The van der Waals surface area contributed by atoms with Crippen LogP contribution in [-0.4, -0.2) is 49.5 Å². The zero-order valence-electron chi connectivity index (χ0n) is 19.2. The second-order valence-corrected chi connectivity index (χ2v) is 10.3. The maximum Gasteiger partial charge on any atom is 0.271 e. The molecular weight excluding hydrogens is 444 g/mol. The van der Waals surface area contributed by atoms with Gasteiger partial charge in [-0.3, -0.25) is 24.1 Å². The van der Waals surface area contributed by atoms with Crippen molar-refractivity contribution >= 4 is 27.3 Å². The maximum atomic E-state index is 12.9. The van der Waals surface area contributed by atoms with Crippen LogP contribution in [0.3, 0.4) is 0 Å². The van der Waals surface area contributed by atoms with Crippen molar-refractivity contribution in [1.82, 2.24) is 10.2 Å². The van der Waals surface area contributed by atoms with Gasteiger partial charge in [0.25, 0.3) is 5.69 Å². The minimum absolute atomic E-state index is 0.113. The lowest BCUT2D eigenvalue weighted by molar-refractivity contribution is -0.384. The van der Waals surface area contributed by atoms with Gasteiger partial charge in [0.2, 0.25) is 15.9 Å². The number of anilines is 1. The smallest absolute Gasteiger partial charge is 0.271 e. The van der Waals surface area contributed by atoms with Crippen molar-refractivity contribution in [1.29, 1.82) is 0 Å². The summed E-state index contributed by atoms with van der Waals surface area (Å²) in [6.07, 6.45) is 3.42. The van der Waals surface area contributed by atoms with Crippen molar-refractivity contribution in [2.24, 2.45) is 0 Å². The van der Waals surface area contributed by atoms with Crippen LogP contribution in [0.1, 0.15) is 36.5 Å². The first kappa shape index (κ1) is 24.7. The highest BCUT2D eigenvalue weighted by Crippen LogP contribution is 2.29. The van der Waals surface area contributed by atoms with E-state index < -0.39 is 26.9 Å². The molecule has 0 bridgehead atoms. The van der Waals surface area contributed by atoms with E-state index in [1.54, 1.807) is 6.92 Å². The number of benzene rings is 2. The van der Waals surface area contributed by atoms with Crippen LogP contribution in [0.2, 0.25) is 0 Å². The average Bonchev–Trinajstić information content (AvgIpc) is 3.25. The number of sulfonamides is 1. The van der Waals surface area contributed by atoms with E-state index >= 15 is 0 Å². The van der Waals surface area contributed by atoms with E-state index in [9.17, 15) is 23.3 Å². The molecule has 33 heavy (non-hydrogen) atoms. The van der Waals surface area contributed by atoms with Gasteiger partial charge < -0.3 is 5.32 Å². The number of hydrogen-bond acceptors (Lipinski definition) is 6. The largest absolute Gasteiger partial charge is 0.350 e. The van der Waals surface area contributed by atoms with E-state index in [4.69, 9.17) is 0 Å². The number of carbonyl (C=O) groups is 1. The lowest BCUT2D eigenvalue weighted by Crippen LogP contribution is -2.48. The number of nitrogens with one attached hydrogen (secondary N) is 1. The molecule has 0 aliphatic carbocycles. The average molecular weight is 475 g/mol. The third-order valence-corrected chi connectivity index (χ3v) is 7.02. The molecule has 178 valence electrons. The predicted octanol–water partition coefficient (Wildman–Crippen LogP) is 2.97. The van der Waals surface area contributed by atoms with Crippen molar-refractivity contribution in [3.05, 3.63) is 69.3 Å². The Kier molecular flexibility index (Phi) is 7.70. The monoisotopic (exact) mass is 474 g/mol. The zero-order valence-corrected chi connectivity index (χ0v) is 20.0. The summed E-state index contributed by atoms with van der Waals surface area (Å²) in [6, 6.07) is 10.8. The second kappa shape index (κ2) is 10.3. The Morgan fingerprint density at radius 2 is 1.85 bits per heavy atom. The highest BCUT2D eigenvalue weighted by molar-refractivity contribution is 7.92. The zero-order chi connectivity index (χ0) is 24.2. The van der Waals surface area contributed by atoms with E-state index in [-0.39, 0.29) is 17.9 Å². The SMILES string of the molecule is Cc1ccc([N+](=O)[O-])cc1N([C@H](C)C(=O)NCc1cccc(CN2CCCC2)c1)S(C)(=O)=O. The first-order valence-electron chi connectivity index (χ1n) is 10.9. The van der Waals surface area contributed by atoms with E-state index in [1.165, 1.54) is 43.5 Å². The van der Waals surface area contributed by atoms with Gasteiger partial charge in [0.1, 0.15) is 6.04 Å². The highest BCUT2D eigenvalue weighted by Gasteiger charge is 2.31. The molecule has 1 atom stereocenters. The first-order chi connectivity index (χ1) is 15.6. The topological polar surface area (TPSA) is 113 Å². The van der Waals surface area contributed by atoms with E-state index in [1.807, 2.05) is 18.2 Å². The first-order valence-corrected chi connectivity index (χ1v) is 12.7. The summed E-state index contributed by atoms with van der Waals surface area (Å²) in [6.45, 7) is 6.43. The Bertz CT molecular complexity index is 1130. The predicted molar refractivity (Wildman–Crippen MR) is 127 cm³/mol. The third-order valence-electron chi connectivity index (χ3n) is 5.79. The van der Waals surface area contributed by atoms with Gasteiger partial charge in [-0.25, -0.2) is 8.42 Å². The molecule has 1 N–H and O–H groups in total. The summed E-state index contributed by atoms with van der Waals surface area (Å²) in [5, 5.41) is 14.0. The summed E-state index contributed by atoms with van der Waals surface area (Å²) < 4.78 is 26.1. The molecule has 1 aliphatic rings. The van der Waals surface area contributed by atoms with Crippen LogP contribution in [0.4, 0.5) is 11.4 Å². The Hall–Kier alpha value is -2.98. The molecular formula is C23H30N4O5S. The van der Waals surface area contributed by atoms with Gasteiger partial charge in [0, 0.05) is 25.2 Å². The summed E-state index contributed by atoms with van der Waals surface area (Å²) in [4.78, 5) is 25.9. The van der Waals surface area contributed by atoms with Crippen molar-refractivity contribution in [2.75, 3.05) is 23.7 Å². The number of carbonyl (C=O) groups excluding carboxylic acids is 1. The fourth-order valence-corrected chi connectivity index (χ4v) is 5.33. The standard InChI is InChI=1S/C23H30N4O5S/c1-17-9-10-21(27(29)30)14-22(17)26(33(3,31)32)18(2)23(28)24-15-19-7-6-8-20(13-19)16-25-11-4-5-12-25/h6-10,13-14,18H,4-5,11-12,15-16H2,1-3H3,(H,24,28)/t18-/m1/s1. The van der Waals surface area contributed by atoms with Crippen LogP contribution in [0.5, 0.6) is 0 Å². The Morgan fingerprint density at radius 3 is 2.48 bits per heavy atom. The van der Waals surface area contributed by atoms with Crippen LogP contribution < -0.4 is 9.62 Å². The number of non-ortho nitro benzene ring substituents is 1. The van der Waals surface area contributed by atoms with Crippen molar-refractivity contribution in [3.8, 4) is 0 Å². The summed E-state index contributed by atoms with van der Waals surface area (Å²) >= 11 is 0. The van der Waals surface area contributed by atoms with E-state index in [0.29, 0.717) is 5.56 Å². The minimum atomic E-state index is -3.89. The Labute approximate surface area is 194 Å². The summed E-state index contributed by atoms with van der Waals surface area (Å²) in [7, 11) is -3.89. The Morgan fingerprint density at radius 1 is 1.18 bits per heavy atom. The number of hydrogen-bond donors (Lipinski definition) is 1. The molecule has 0 unspecified atom stereocenters. The third kappa shape index (κ3) is 6.29. The number of likely N-dealkylation sites (tertiary alicyclic amines) is 1. The number of aryl methyl sites for hydroxylation is 1. The van der Waals surface area contributed by atoms with Gasteiger partial charge in [-0.05, 0) is 56.5 Å². The number of rotatable bonds is 9. The Balaban J connectivity index is 1.74. The number of nitrogens with zero attached hydrogens (tertiary/aromatic N) is 3. The fraction of sp³-hybridized carbons (Fsp3) is 0.435. The van der Waals surface area contributed by atoms with E-state index in [2.05, 4.69) is 16.3 Å². The molecule has 0 saturated carbocycles. The van der Waals surface area contributed by atoms with Gasteiger partial charge in [-0.1, -0.05) is 30.3 Å². The van der Waals surface area contributed by atoms with Crippen molar-refractivity contribution in [3.63, 3.8) is 0 Å². The molecule has 9 nitrogen and oxygen atoms in total. The van der Waals surface area contributed by atoms with Crippen LogP contribution >= 0.6 is 0 Å².